The highest BCUT2D eigenvalue weighted by Crippen LogP contribution is 2.29. The normalized spacial score (nSPS) is 21.2. The summed E-state index contributed by atoms with van der Waals surface area (Å²) in [5.74, 6) is 3.72. The topological polar surface area (TPSA) is 21.1 Å². The van der Waals surface area contributed by atoms with Crippen LogP contribution < -0.4 is 0 Å². The van der Waals surface area contributed by atoms with Crippen LogP contribution in [0, 0.1) is 0 Å². The van der Waals surface area contributed by atoms with Crippen LogP contribution in [0.5, 0.6) is 0 Å². The van der Waals surface area contributed by atoms with Gasteiger partial charge in [0.25, 0.3) is 0 Å². The average molecular weight is 300 g/mol. The van der Waals surface area contributed by atoms with Crippen molar-refractivity contribution >= 4 is 23.5 Å². The maximum Gasteiger partial charge on any atom is 0.0538 e. The van der Waals surface area contributed by atoms with E-state index in [0.29, 0.717) is 6.04 Å². The van der Waals surface area contributed by atoms with Gasteiger partial charge in [-0.05, 0) is 12.2 Å². The van der Waals surface area contributed by atoms with Gasteiger partial charge in [0.1, 0.15) is 0 Å². The van der Waals surface area contributed by atoms with Crippen LogP contribution in [0.1, 0.15) is 32.4 Å². The smallest absolute Gasteiger partial charge is 0.0538 e. The van der Waals surface area contributed by atoms with Crippen LogP contribution in [0.3, 0.4) is 0 Å². The van der Waals surface area contributed by atoms with Crippen molar-refractivity contribution < 1.29 is 0 Å². The first-order valence-corrected chi connectivity index (χ1v) is 9.36. The third-order valence-electron chi connectivity index (χ3n) is 3.43. The van der Waals surface area contributed by atoms with Gasteiger partial charge >= 0.3 is 0 Å². The molecule has 0 spiro atoms. The van der Waals surface area contributed by atoms with Crippen LogP contribution in [0.15, 0.2) is 12.4 Å². The lowest BCUT2D eigenvalue weighted by Gasteiger charge is -2.34. The van der Waals surface area contributed by atoms with Gasteiger partial charge in [-0.1, -0.05) is 13.8 Å². The van der Waals surface area contributed by atoms with E-state index in [2.05, 4.69) is 66.7 Å². The Balaban J connectivity index is 1.95. The van der Waals surface area contributed by atoms with Gasteiger partial charge in [0.05, 0.1) is 6.20 Å². The fraction of sp³-hybridized carbons (Fsp3) is 0.786. The first-order valence-electron chi connectivity index (χ1n) is 7.16. The molecular formula is C14H25N3S2. The van der Waals surface area contributed by atoms with Crippen LogP contribution >= 0.6 is 23.5 Å². The number of aromatic nitrogens is 2. The Kier molecular flexibility index (Phi) is 6.10. The largest absolute Gasteiger partial charge is 0.294 e. The molecule has 108 valence electrons. The molecule has 1 saturated heterocycles. The van der Waals surface area contributed by atoms with Gasteiger partial charge in [0, 0.05) is 54.7 Å². The molecule has 0 radical (unpaired) electrons. The van der Waals surface area contributed by atoms with Gasteiger partial charge < -0.3 is 0 Å². The van der Waals surface area contributed by atoms with Gasteiger partial charge in [-0.15, -0.1) is 0 Å². The van der Waals surface area contributed by atoms with Crippen molar-refractivity contribution in [2.75, 3.05) is 30.3 Å². The van der Waals surface area contributed by atoms with E-state index in [0.717, 1.165) is 11.8 Å². The Hall–Kier alpha value is -0.130. The Morgan fingerprint density at radius 1 is 1.53 bits per heavy atom. The van der Waals surface area contributed by atoms with Gasteiger partial charge in [0.15, 0.2) is 0 Å². The Morgan fingerprint density at radius 2 is 2.37 bits per heavy atom. The Labute approximate surface area is 125 Å². The first kappa shape index (κ1) is 15.3. The predicted octanol–water partition coefficient (Wildman–Crippen LogP) is 3.13. The molecule has 0 aliphatic carbocycles. The summed E-state index contributed by atoms with van der Waals surface area (Å²) in [6, 6.07) is 0.562. The first-order chi connectivity index (χ1) is 9.20. The quantitative estimate of drug-likeness (QED) is 0.804. The van der Waals surface area contributed by atoms with Crippen molar-refractivity contribution in [1.82, 2.24) is 14.7 Å². The monoisotopic (exact) mass is 299 g/mol. The van der Waals surface area contributed by atoms with E-state index < -0.39 is 0 Å². The molecular weight excluding hydrogens is 274 g/mol. The molecule has 2 rings (SSSR count). The Morgan fingerprint density at radius 3 is 3.05 bits per heavy atom. The molecule has 0 amide bonds. The van der Waals surface area contributed by atoms with E-state index in [9.17, 15) is 0 Å². The zero-order valence-corrected chi connectivity index (χ0v) is 13.8. The molecule has 1 fully saturated rings. The molecule has 0 aromatic carbocycles. The van der Waals surface area contributed by atoms with Crippen molar-refractivity contribution in [3.05, 3.63) is 18.0 Å². The van der Waals surface area contributed by atoms with Crippen LogP contribution in [0.2, 0.25) is 0 Å². The predicted molar refractivity (Wildman–Crippen MR) is 87.1 cm³/mol. The highest BCUT2D eigenvalue weighted by Gasteiger charge is 2.25. The van der Waals surface area contributed by atoms with E-state index >= 15 is 0 Å². The van der Waals surface area contributed by atoms with Crippen molar-refractivity contribution in [2.45, 2.75) is 38.6 Å². The van der Waals surface area contributed by atoms with Crippen LogP contribution in [-0.2, 0) is 6.54 Å². The lowest BCUT2D eigenvalue weighted by molar-refractivity contribution is 0.235. The Bertz CT molecular complexity index is 379. The summed E-state index contributed by atoms with van der Waals surface area (Å²) in [7, 11) is 0. The minimum absolute atomic E-state index is 0.562. The summed E-state index contributed by atoms with van der Waals surface area (Å²) >= 11 is 4.14. The highest BCUT2D eigenvalue weighted by atomic mass is 32.2. The maximum absolute atomic E-state index is 4.43. The zero-order chi connectivity index (χ0) is 13.7. The average Bonchev–Trinajstić information content (AvgIpc) is 2.87. The molecule has 1 aromatic heterocycles. The van der Waals surface area contributed by atoms with Crippen LogP contribution in [-0.4, -0.2) is 50.3 Å². The maximum atomic E-state index is 4.43. The number of thioether (sulfide) groups is 2. The lowest BCUT2D eigenvalue weighted by atomic mass is 10.1. The van der Waals surface area contributed by atoms with Gasteiger partial charge in [-0.25, -0.2) is 0 Å². The molecule has 0 saturated carbocycles. The molecule has 3 nitrogen and oxygen atoms in total. The number of aryl methyl sites for hydroxylation is 1. The summed E-state index contributed by atoms with van der Waals surface area (Å²) < 4.78 is 2.04. The molecule has 0 N–H and O–H groups in total. The summed E-state index contributed by atoms with van der Waals surface area (Å²) in [6.07, 6.45) is 4.28. The lowest BCUT2D eigenvalue weighted by Crippen LogP contribution is -2.37. The minimum atomic E-state index is 0.562. The molecule has 19 heavy (non-hydrogen) atoms. The number of hydrogen-bond donors (Lipinski definition) is 0. The van der Waals surface area contributed by atoms with Crippen molar-refractivity contribution in [3.63, 3.8) is 0 Å². The van der Waals surface area contributed by atoms with E-state index in [1.165, 1.54) is 35.9 Å². The summed E-state index contributed by atoms with van der Waals surface area (Å²) in [5, 5.41) is 5.16. The molecule has 1 atom stereocenters. The van der Waals surface area contributed by atoms with E-state index in [4.69, 9.17) is 0 Å². The van der Waals surface area contributed by atoms with Crippen molar-refractivity contribution in [2.24, 2.45) is 0 Å². The SMILES string of the molecule is CCn1cc(C2CSCCN2CCSC(C)C)cn1. The fourth-order valence-corrected chi connectivity index (χ4v) is 4.31. The number of nitrogens with zero attached hydrogens (tertiary/aromatic N) is 3. The second kappa shape index (κ2) is 7.60. The standard InChI is InChI=1S/C14H25N3S2/c1-4-17-10-13(9-15-17)14-11-18-7-5-16(14)6-8-19-12(2)3/h9-10,12,14H,4-8,11H2,1-3H3. The van der Waals surface area contributed by atoms with E-state index in [1.54, 1.807) is 0 Å². The third-order valence-corrected chi connectivity index (χ3v) is 5.54. The summed E-state index contributed by atoms with van der Waals surface area (Å²) in [4.78, 5) is 2.64. The van der Waals surface area contributed by atoms with Gasteiger partial charge in [-0.2, -0.15) is 28.6 Å². The third kappa shape index (κ3) is 4.43. The molecule has 0 bridgehead atoms. The minimum Gasteiger partial charge on any atom is -0.294 e. The van der Waals surface area contributed by atoms with Crippen molar-refractivity contribution in [3.8, 4) is 0 Å². The zero-order valence-electron chi connectivity index (χ0n) is 12.2. The molecule has 1 unspecified atom stereocenters. The van der Waals surface area contributed by atoms with Crippen LogP contribution in [0.4, 0.5) is 0 Å². The molecule has 2 heterocycles. The van der Waals surface area contributed by atoms with Crippen LogP contribution in [0.25, 0.3) is 0 Å². The second-order valence-corrected chi connectivity index (χ2v) is 8.01. The number of hydrogen-bond acceptors (Lipinski definition) is 4. The molecule has 5 heteroatoms. The van der Waals surface area contributed by atoms with Crippen molar-refractivity contribution in [1.29, 1.82) is 0 Å². The fourth-order valence-electron chi connectivity index (χ4n) is 2.34. The van der Waals surface area contributed by atoms with Gasteiger partial charge in [-0.3, -0.25) is 9.58 Å². The van der Waals surface area contributed by atoms with E-state index in [-0.39, 0.29) is 0 Å². The molecule has 1 aliphatic rings. The highest BCUT2D eigenvalue weighted by molar-refractivity contribution is 7.99. The summed E-state index contributed by atoms with van der Waals surface area (Å²) in [5.41, 5.74) is 1.39. The molecule has 1 aliphatic heterocycles. The van der Waals surface area contributed by atoms with E-state index in [1.807, 2.05) is 4.68 Å². The van der Waals surface area contributed by atoms with Gasteiger partial charge in [0.2, 0.25) is 0 Å². The summed E-state index contributed by atoms with van der Waals surface area (Å²) in [6.45, 7) is 10.1. The molecule has 1 aromatic rings. The number of rotatable bonds is 6. The second-order valence-electron chi connectivity index (χ2n) is 5.18.